The van der Waals surface area contributed by atoms with Crippen LogP contribution in [0.15, 0.2) is 41.0 Å². The van der Waals surface area contributed by atoms with Gasteiger partial charge in [-0.2, -0.15) is 0 Å². The molecule has 0 bridgehead atoms. The van der Waals surface area contributed by atoms with Crippen LogP contribution < -0.4 is 0 Å². The predicted molar refractivity (Wildman–Crippen MR) is 88.4 cm³/mol. The van der Waals surface area contributed by atoms with Crippen LogP contribution in [0.3, 0.4) is 0 Å². The first-order chi connectivity index (χ1) is 9.97. The molecule has 0 radical (unpaired) electrons. The fraction of sp³-hybridized carbons (Fsp3) is 0.235. The first-order valence-electron chi connectivity index (χ1n) is 6.90. The molecule has 3 rings (SSSR count). The molecular weight excluding hydrogens is 328 g/mol. The molecule has 3 nitrogen and oxygen atoms in total. The first-order valence-corrected chi connectivity index (χ1v) is 7.70. The van der Waals surface area contributed by atoms with E-state index < -0.39 is 6.10 Å². The van der Waals surface area contributed by atoms with Crippen molar-refractivity contribution in [2.45, 2.75) is 26.9 Å². The molecule has 2 heterocycles. The molecule has 0 fully saturated rings. The number of imidazole rings is 1. The summed E-state index contributed by atoms with van der Waals surface area (Å²) >= 11 is 3.47. The lowest BCUT2D eigenvalue weighted by atomic mass is 10.0. The third-order valence-electron chi connectivity index (χ3n) is 3.80. The highest BCUT2D eigenvalue weighted by Crippen LogP contribution is 2.30. The molecule has 0 amide bonds. The van der Waals surface area contributed by atoms with Crippen molar-refractivity contribution in [1.29, 1.82) is 0 Å². The summed E-state index contributed by atoms with van der Waals surface area (Å²) in [5, 5.41) is 10.2. The Morgan fingerprint density at radius 2 is 1.90 bits per heavy atom. The van der Waals surface area contributed by atoms with Crippen molar-refractivity contribution in [1.82, 2.24) is 9.38 Å². The lowest BCUT2D eigenvalue weighted by Gasteiger charge is -2.09. The van der Waals surface area contributed by atoms with Crippen molar-refractivity contribution < 1.29 is 5.11 Å². The summed E-state index contributed by atoms with van der Waals surface area (Å²) in [6.45, 7) is 5.96. The number of aliphatic hydroxyl groups is 1. The topological polar surface area (TPSA) is 37.5 Å². The van der Waals surface area contributed by atoms with Crippen LogP contribution in [0.4, 0.5) is 0 Å². The number of rotatable bonds is 2. The van der Waals surface area contributed by atoms with E-state index >= 15 is 0 Å². The number of pyridine rings is 1. The molecule has 0 aliphatic rings. The minimum atomic E-state index is -0.592. The molecule has 1 aromatic carbocycles. The van der Waals surface area contributed by atoms with Crippen LogP contribution in [-0.2, 0) is 0 Å². The summed E-state index contributed by atoms with van der Waals surface area (Å²) in [6, 6.07) is 10.2. The second-order valence-corrected chi connectivity index (χ2v) is 6.31. The Labute approximate surface area is 132 Å². The van der Waals surface area contributed by atoms with Gasteiger partial charge in [0.05, 0.1) is 17.5 Å². The Morgan fingerprint density at radius 1 is 1.14 bits per heavy atom. The smallest absolute Gasteiger partial charge is 0.137 e. The zero-order chi connectivity index (χ0) is 15.1. The molecule has 0 spiro atoms. The minimum Gasteiger partial charge on any atom is -0.387 e. The monoisotopic (exact) mass is 344 g/mol. The Kier molecular flexibility index (Phi) is 3.59. The summed E-state index contributed by atoms with van der Waals surface area (Å²) < 4.78 is 2.90. The average molecular weight is 345 g/mol. The van der Waals surface area contributed by atoms with Crippen molar-refractivity contribution in [3.63, 3.8) is 0 Å². The maximum atomic E-state index is 10.2. The Hall–Kier alpha value is -1.65. The van der Waals surface area contributed by atoms with E-state index in [1.54, 1.807) is 6.92 Å². The second kappa shape index (κ2) is 5.28. The van der Waals surface area contributed by atoms with Gasteiger partial charge in [0.25, 0.3) is 0 Å². The van der Waals surface area contributed by atoms with Gasteiger partial charge in [0.2, 0.25) is 0 Å². The molecule has 4 heteroatoms. The van der Waals surface area contributed by atoms with Gasteiger partial charge in [-0.05, 0) is 66.0 Å². The van der Waals surface area contributed by atoms with E-state index in [1.165, 1.54) is 11.1 Å². The summed E-state index contributed by atoms with van der Waals surface area (Å²) in [5.74, 6) is 0. The van der Waals surface area contributed by atoms with Gasteiger partial charge in [-0.15, -0.1) is 0 Å². The predicted octanol–water partition coefficient (Wildman–Crippen LogP) is 4.43. The molecule has 1 N–H and O–H groups in total. The molecule has 2 aromatic heterocycles. The van der Waals surface area contributed by atoms with Crippen molar-refractivity contribution in [2.24, 2.45) is 0 Å². The van der Waals surface area contributed by atoms with Gasteiger partial charge < -0.3 is 5.11 Å². The Morgan fingerprint density at radius 3 is 2.57 bits per heavy atom. The number of benzene rings is 1. The summed E-state index contributed by atoms with van der Waals surface area (Å²) in [5.41, 5.74) is 6.00. The molecule has 0 aliphatic carbocycles. The van der Waals surface area contributed by atoms with Crippen LogP contribution in [0.5, 0.6) is 0 Å². The van der Waals surface area contributed by atoms with Gasteiger partial charge >= 0.3 is 0 Å². The van der Waals surface area contributed by atoms with Crippen LogP contribution >= 0.6 is 15.9 Å². The third-order valence-corrected chi connectivity index (χ3v) is 4.26. The summed E-state index contributed by atoms with van der Waals surface area (Å²) in [6.07, 6.45) is 1.35. The number of nitrogens with zero attached hydrogens (tertiary/aromatic N) is 2. The Balaban J connectivity index is 2.30. The molecule has 0 saturated heterocycles. The third kappa shape index (κ3) is 2.49. The van der Waals surface area contributed by atoms with Crippen LogP contribution in [0, 0.1) is 13.8 Å². The van der Waals surface area contributed by atoms with Crippen molar-refractivity contribution in [3.8, 4) is 11.3 Å². The average Bonchev–Trinajstić information content (AvgIpc) is 2.80. The SMILES string of the molecule is Cc1ccc(-c2nc3ccc(Br)cn3c2C(C)O)cc1C. The van der Waals surface area contributed by atoms with E-state index in [-0.39, 0.29) is 0 Å². The van der Waals surface area contributed by atoms with Gasteiger partial charge in [-0.25, -0.2) is 4.98 Å². The number of aliphatic hydroxyl groups excluding tert-OH is 1. The maximum Gasteiger partial charge on any atom is 0.137 e. The highest BCUT2D eigenvalue weighted by Gasteiger charge is 2.18. The quantitative estimate of drug-likeness (QED) is 0.746. The first kappa shape index (κ1) is 14.3. The van der Waals surface area contributed by atoms with E-state index in [1.807, 2.05) is 22.7 Å². The van der Waals surface area contributed by atoms with Gasteiger partial charge in [0, 0.05) is 16.2 Å². The van der Waals surface area contributed by atoms with Gasteiger partial charge in [-0.3, -0.25) is 4.40 Å². The summed E-state index contributed by atoms with van der Waals surface area (Å²) in [7, 11) is 0. The van der Waals surface area contributed by atoms with Crippen molar-refractivity contribution in [2.75, 3.05) is 0 Å². The normalized spacial score (nSPS) is 12.8. The van der Waals surface area contributed by atoms with Crippen LogP contribution in [0.2, 0.25) is 0 Å². The fourth-order valence-electron chi connectivity index (χ4n) is 2.54. The molecule has 0 saturated carbocycles. The van der Waals surface area contributed by atoms with E-state index in [2.05, 4.69) is 48.0 Å². The molecule has 108 valence electrons. The largest absolute Gasteiger partial charge is 0.387 e. The number of hydrogen-bond donors (Lipinski definition) is 1. The standard InChI is InChI=1S/C17H17BrN2O/c1-10-4-5-13(8-11(10)2)16-17(12(3)21)20-9-14(18)6-7-15(20)19-16/h4-9,12,21H,1-3H3. The van der Waals surface area contributed by atoms with Crippen molar-refractivity contribution in [3.05, 3.63) is 57.8 Å². The van der Waals surface area contributed by atoms with E-state index in [9.17, 15) is 5.11 Å². The van der Waals surface area contributed by atoms with Gasteiger partial charge in [0.15, 0.2) is 0 Å². The second-order valence-electron chi connectivity index (χ2n) is 5.40. The van der Waals surface area contributed by atoms with Crippen LogP contribution in [0.1, 0.15) is 29.8 Å². The molecule has 0 aliphatic heterocycles. The van der Waals surface area contributed by atoms with Gasteiger partial charge in [0.1, 0.15) is 5.65 Å². The highest BCUT2D eigenvalue weighted by molar-refractivity contribution is 9.10. The lowest BCUT2D eigenvalue weighted by Crippen LogP contribution is -1.99. The zero-order valence-electron chi connectivity index (χ0n) is 12.3. The number of hydrogen-bond acceptors (Lipinski definition) is 2. The molecular formula is C17H17BrN2O. The fourth-order valence-corrected chi connectivity index (χ4v) is 2.87. The number of aromatic nitrogens is 2. The summed E-state index contributed by atoms with van der Waals surface area (Å²) in [4.78, 5) is 4.70. The Bertz CT molecular complexity index is 821. The van der Waals surface area contributed by atoms with Crippen LogP contribution in [-0.4, -0.2) is 14.5 Å². The molecule has 21 heavy (non-hydrogen) atoms. The maximum absolute atomic E-state index is 10.2. The molecule has 1 atom stereocenters. The minimum absolute atomic E-state index is 0.592. The number of fused-ring (bicyclic) bond motifs is 1. The number of halogens is 1. The van der Waals surface area contributed by atoms with Crippen LogP contribution in [0.25, 0.3) is 16.9 Å². The highest BCUT2D eigenvalue weighted by atomic mass is 79.9. The van der Waals surface area contributed by atoms with Gasteiger partial charge in [-0.1, -0.05) is 12.1 Å². The van der Waals surface area contributed by atoms with E-state index in [0.29, 0.717) is 0 Å². The van der Waals surface area contributed by atoms with E-state index in [4.69, 9.17) is 4.98 Å². The van der Waals surface area contributed by atoms with Crippen molar-refractivity contribution >= 4 is 21.6 Å². The lowest BCUT2D eigenvalue weighted by molar-refractivity contribution is 0.194. The molecule has 3 aromatic rings. The molecule has 1 unspecified atom stereocenters. The number of aryl methyl sites for hydroxylation is 2. The zero-order valence-corrected chi connectivity index (χ0v) is 13.8. The van der Waals surface area contributed by atoms with E-state index in [0.717, 1.165) is 27.1 Å².